The summed E-state index contributed by atoms with van der Waals surface area (Å²) < 4.78 is 0. The summed E-state index contributed by atoms with van der Waals surface area (Å²) in [6.07, 6.45) is 19.3. The molecular weight excluding hydrogens is 464 g/mol. The molecule has 0 aliphatic carbocycles. The van der Waals surface area contributed by atoms with Gasteiger partial charge in [0, 0.05) is 12.8 Å². The zero-order valence-corrected chi connectivity index (χ0v) is 24.2. The molecule has 0 spiro atoms. The van der Waals surface area contributed by atoms with Crippen LogP contribution in [0.3, 0.4) is 0 Å². The predicted octanol–water partition coefficient (Wildman–Crippen LogP) is 8.67. The normalized spacial score (nSPS) is 11.1. The Hall–Kier alpha value is -1.22. The molecule has 0 bridgehead atoms. The number of hydrogen-bond acceptors (Lipinski definition) is 8. The van der Waals surface area contributed by atoms with Gasteiger partial charge < -0.3 is 0 Å². The lowest BCUT2D eigenvalue weighted by Gasteiger charge is -2.15. The van der Waals surface area contributed by atoms with Crippen molar-refractivity contribution in [2.24, 2.45) is 0 Å². The van der Waals surface area contributed by atoms with Crippen LogP contribution in [0.25, 0.3) is 0 Å². The van der Waals surface area contributed by atoms with Crippen LogP contribution in [0.5, 0.6) is 0 Å². The quantitative estimate of drug-likeness (QED) is 0.0751. The lowest BCUT2D eigenvalue weighted by atomic mass is 10.1. The van der Waals surface area contributed by atoms with Gasteiger partial charge in [-0.3, -0.25) is 9.78 Å². The van der Waals surface area contributed by atoms with Gasteiger partial charge in [0.05, 0.1) is 12.2 Å². The zero-order valence-electron chi connectivity index (χ0n) is 24.2. The molecule has 0 heterocycles. The molecule has 216 valence electrons. The van der Waals surface area contributed by atoms with Crippen LogP contribution in [0.1, 0.15) is 157 Å². The van der Waals surface area contributed by atoms with Crippen LogP contribution >= 0.6 is 0 Å². The molecule has 0 N–H and O–H groups in total. The van der Waals surface area contributed by atoms with Crippen LogP contribution in [0.4, 0.5) is 0 Å². The van der Waals surface area contributed by atoms with E-state index in [-0.39, 0.29) is 11.9 Å². The molecule has 0 unspecified atom stereocenters. The van der Waals surface area contributed by atoms with E-state index in [0.29, 0.717) is 19.4 Å². The molecule has 0 fully saturated rings. The van der Waals surface area contributed by atoms with Crippen molar-refractivity contribution >= 4 is 11.9 Å². The smallest absolute Gasteiger partial charge is 0.269 e. The largest absolute Gasteiger partial charge is 0.345 e. The van der Waals surface area contributed by atoms with Crippen molar-refractivity contribution in [3.05, 3.63) is 0 Å². The lowest BCUT2D eigenvalue weighted by molar-refractivity contribution is -0.514. The van der Waals surface area contributed by atoms with E-state index in [4.69, 9.17) is 9.78 Å². The Bertz CT molecular complexity index is 477. The summed E-state index contributed by atoms with van der Waals surface area (Å²) in [4.78, 5) is 40.8. The minimum absolute atomic E-state index is 0.343. The molecule has 0 saturated heterocycles. The topological polar surface area (TPSA) is 89.5 Å². The first-order valence-corrected chi connectivity index (χ1v) is 14.3. The van der Waals surface area contributed by atoms with Crippen molar-refractivity contribution < 1.29 is 39.2 Å². The Morgan fingerprint density at radius 2 is 0.917 bits per heavy atom. The molecule has 0 rings (SSSR count). The van der Waals surface area contributed by atoms with E-state index in [9.17, 15) is 9.59 Å². The summed E-state index contributed by atoms with van der Waals surface area (Å²) in [5, 5.41) is 8.77. The molecule has 0 atom stereocenters. The van der Waals surface area contributed by atoms with E-state index < -0.39 is 5.60 Å². The van der Waals surface area contributed by atoms with Crippen molar-refractivity contribution in [1.29, 1.82) is 0 Å². The Morgan fingerprint density at radius 1 is 0.528 bits per heavy atom. The summed E-state index contributed by atoms with van der Waals surface area (Å²) in [5.41, 5.74) is -0.471. The highest BCUT2D eigenvalue weighted by Gasteiger charge is 2.14. The third-order valence-corrected chi connectivity index (χ3v) is 5.14. The number of rotatable bonds is 23. The van der Waals surface area contributed by atoms with Gasteiger partial charge in [-0.2, -0.15) is 9.78 Å². The van der Waals surface area contributed by atoms with Gasteiger partial charge in [-0.15, -0.1) is 0 Å². The van der Waals surface area contributed by atoms with E-state index in [1.165, 1.54) is 64.2 Å². The number of carbonyl (C=O) groups is 2. The van der Waals surface area contributed by atoms with E-state index in [2.05, 4.69) is 40.6 Å². The van der Waals surface area contributed by atoms with Crippen LogP contribution in [0, 0.1) is 0 Å². The van der Waals surface area contributed by atoms with E-state index in [0.717, 1.165) is 38.5 Å². The van der Waals surface area contributed by atoms with Crippen molar-refractivity contribution in [3.8, 4) is 0 Å². The van der Waals surface area contributed by atoms with E-state index in [1.54, 1.807) is 0 Å². The molecule has 36 heavy (non-hydrogen) atoms. The average molecular weight is 521 g/mol. The van der Waals surface area contributed by atoms with Gasteiger partial charge in [0.15, 0.2) is 0 Å². The molecular formula is C28H56O8. The molecule has 0 radical (unpaired) electrons. The zero-order chi connectivity index (χ0) is 27.3. The van der Waals surface area contributed by atoms with Crippen LogP contribution in [0.2, 0.25) is 0 Å². The van der Waals surface area contributed by atoms with Gasteiger partial charge >= 0.3 is 11.9 Å². The molecule has 8 nitrogen and oxygen atoms in total. The Labute approximate surface area is 220 Å². The first kappa shape index (κ1) is 36.9. The first-order valence-electron chi connectivity index (χ1n) is 14.3. The van der Waals surface area contributed by atoms with Gasteiger partial charge in [0.2, 0.25) is 0 Å². The number of carbonyl (C=O) groups excluding carboxylic acids is 2. The minimum atomic E-state index is -0.471. The van der Waals surface area contributed by atoms with E-state index >= 15 is 0 Å². The molecule has 0 amide bonds. The highest BCUT2D eigenvalue weighted by atomic mass is 17.5. The molecule has 0 aromatic heterocycles. The maximum Gasteiger partial charge on any atom is 0.345 e. The second-order valence-electron chi connectivity index (χ2n) is 10.2. The lowest BCUT2D eigenvalue weighted by Crippen LogP contribution is -2.20. The van der Waals surface area contributed by atoms with Crippen LogP contribution in [-0.2, 0) is 39.2 Å². The van der Waals surface area contributed by atoms with Crippen LogP contribution < -0.4 is 0 Å². The van der Waals surface area contributed by atoms with Gasteiger partial charge in [-0.25, -0.2) is 9.59 Å². The average Bonchev–Trinajstić information content (AvgIpc) is 2.82. The molecule has 0 aliphatic heterocycles. The third-order valence-electron chi connectivity index (χ3n) is 5.14. The summed E-state index contributed by atoms with van der Waals surface area (Å²) >= 11 is 0. The molecule has 0 aliphatic rings. The van der Waals surface area contributed by atoms with Crippen molar-refractivity contribution in [2.45, 2.75) is 163 Å². The fourth-order valence-corrected chi connectivity index (χ4v) is 2.99. The highest BCUT2D eigenvalue weighted by Crippen LogP contribution is 2.11. The van der Waals surface area contributed by atoms with Crippen LogP contribution in [-0.4, -0.2) is 24.1 Å². The second kappa shape index (κ2) is 28.4. The Balaban J connectivity index is 0. The fourth-order valence-electron chi connectivity index (χ4n) is 2.99. The SMILES string of the molecule is CCCCCCCC(=O)OOOC(C)(C)C.CCCCCCCCCCCC(=O)OOOCCCC. The van der Waals surface area contributed by atoms with Gasteiger partial charge in [-0.05, 0) is 50.1 Å². The Morgan fingerprint density at radius 3 is 1.33 bits per heavy atom. The predicted molar refractivity (Wildman–Crippen MR) is 141 cm³/mol. The highest BCUT2D eigenvalue weighted by molar-refractivity contribution is 5.68. The van der Waals surface area contributed by atoms with Crippen molar-refractivity contribution in [1.82, 2.24) is 0 Å². The summed E-state index contributed by atoms with van der Waals surface area (Å²) in [6.45, 7) is 12.3. The Kier molecular flexibility index (Phi) is 29.1. The maximum absolute atomic E-state index is 11.3. The van der Waals surface area contributed by atoms with Gasteiger partial charge in [0.25, 0.3) is 0 Å². The molecule has 0 saturated carbocycles. The third kappa shape index (κ3) is 34.9. The second-order valence-corrected chi connectivity index (χ2v) is 10.2. The van der Waals surface area contributed by atoms with Crippen molar-refractivity contribution in [3.63, 3.8) is 0 Å². The summed E-state index contributed by atoms with van der Waals surface area (Å²) in [5.74, 6) is -0.717. The standard InChI is InChI=1S/C16H32O4.C12H24O4/c1-3-5-7-8-9-10-11-12-13-14-16(17)19-20-18-15-6-4-2;1-5-6-7-8-9-10-11(13)14-16-15-12(2,3)4/h3-15H2,1-2H3;5-10H2,1-4H3. The van der Waals surface area contributed by atoms with Crippen LogP contribution in [0.15, 0.2) is 0 Å². The molecule has 0 aromatic rings. The number of hydrogen-bond donors (Lipinski definition) is 0. The minimum Gasteiger partial charge on any atom is -0.269 e. The van der Waals surface area contributed by atoms with Crippen molar-refractivity contribution in [2.75, 3.05) is 6.61 Å². The molecule has 8 heteroatoms. The fraction of sp³-hybridized carbons (Fsp3) is 0.929. The summed E-state index contributed by atoms with van der Waals surface area (Å²) in [6, 6.07) is 0. The van der Waals surface area contributed by atoms with Gasteiger partial charge in [-0.1, -0.05) is 104 Å². The molecule has 0 aromatic carbocycles. The van der Waals surface area contributed by atoms with Gasteiger partial charge in [0.1, 0.15) is 0 Å². The maximum atomic E-state index is 11.3. The summed E-state index contributed by atoms with van der Waals surface area (Å²) in [7, 11) is 0. The monoisotopic (exact) mass is 520 g/mol. The van der Waals surface area contributed by atoms with E-state index in [1.807, 2.05) is 20.8 Å². The number of unbranched alkanes of at least 4 members (excludes halogenated alkanes) is 13. The first-order chi connectivity index (χ1) is 17.3.